The number of aryl methyl sites for hydroxylation is 1. The molecule has 1 aromatic carbocycles. The molecular formula is C12H17BrN2O. The van der Waals surface area contributed by atoms with Crippen molar-refractivity contribution >= 4 is 22.0 Å². The lowest BCUT2D eigenvalue weighted by Crippen LogP contribution is -2.39. The molecule has 0 aromatic heterocycles. The number of hydrogen-bond donors (Lipinski definition) is 2. The molecule has 0 aliphatic rings. The molecule has 16 heavy (non-hydrogen) atoms. The van der Waals surface area contributed by atoms with Crippen molar-refractivity contribution in [1.29, 1.82) is 0 Å². The Bertz CT molecular complexity index is 377. The smallest absolute Gasteiger partial charge is 0.315 e. The van der Waals surface area contributed by atoms with E-state index in [1.54, 1.807) is 0 Å². The lowest BCUT2D eigenvalue weighted by molar-refractivity contribution is 0.238. The number of rotatable bonds is 3. The first-order valence-corrected chi connectivity index (χ1v) is 6.07. The van der Waals surface area contributed by atoms with Gasteiger partial charge >= 0.3 is 6.03 Å². The van der Waals surface area contributed by atoms with Gasteiger partial charge in [0.1, 0.15) is 0 Å². The number of nitrogens with one attached hydrogen (secondary N) is 2. The number of amides is 2. The minimum Gasteiger partial charge on any atom is -0.336 e. The van der Waals surface area contributed by atoms with E-state index in [1.807, 2.05) is 39.0 Å². The second kappa shape index (κ2) is 5.89. The van der Waals surface area contributed by atoms with Crippen LogP contribution >= 0.6 is 15.9 Å². The zero-order valence-corrected chi connectivity index (χ0v) is 11.4. The Hall–Kier alpha value is -1.03. The van der Waals surface area contributed by atoms with E-state index in [4.69, 9.17) is 0 Å². The SMILES string of the molecule is Cc1ccc(Br)cc1CNC(=O)NC(C)C. The third-order valence-electron chi connectivity index (χ3n) is 2.17. The van der Waals surface area contributed by atoms with Crippen LogP contribution in [-0.2, 0) is 6.54 Å². The molecule has 0 unspecified atom stereocenters. The maximum absolute atomic E-state index is 11.4. The summed E-state index contributed by atoms with van der Waals surface area (Å²) >= 11 is 3.42. The van der Waals surface area contributed by atoms with Gasteiger partial charge in [-0.1, -0.05) is 22.0 Å². The molecular weight excluding hydrogens is 268 g/mol. The first-order valence-electron chi connectivity index (χ1n) is 5.28. The molecule has 88 valence electrons. The maximum atomic E-state index is 11.4. The Morgan fingerprint density at radius 3 is 2.75 bits per heavy atom. The van der Waals surface area contributed by atoms with E-state index in [9.17, 15) is 4.79 Å². The van der Waals surface area contributed by atoms with Gasteiger partial charge in [-0.25, -0.2) is 4.79 Å². The van der Waals surface area contributed by atoms with E-state index in [-0.39, 0.29) is 12.1 Å². The fourth-order valence-corrected chi connectivity index (χ4v) is 1.73. The third kappa shape index (κ3) is 4.23. The van der Waals surface area contributed by atoms with Crippen LogP contribution in [0.15, 0.2) is 22.7 Å². The van der Waals surface area contributed by atoms with Crippen LogP contribution in [-0.4, -0.2) is 12.1 Å². The Morgan fingerprint density at radius 1 is 1.44 bits per heavy atom. The Morgan fingerprint density at radius 2 is 2.12 bits per heavy atom. The van der Waals surface area contributed by atoms with Gasteiger partial charge in [-0.05, 0) is 44.0 Å². The van der Waals surface area contributed by atoms with Crippen LogP contribution in [0.4, 0.5) is 4.79 Å². The van der Waals surface area contributed by atoms with Crippen LogP contribution in [0, 0.1) is 6.92 Å². The van der Waals surface area contributed by atoms with Crippen molar-refractivity contribution in [3.63, 3.8) is 0 Å². The van der Waals surface area contributed by atoms with E-state index in [1.165, 1.54) is 5.56 Å². The van der Waals surface area contributed by atoms with Gasteiger partial charge in [0.15, 0.2) is 0 Å². The summed E-state index contributed by atoms with van der Waals surface area (Å²) in [6, 6.07) is 6.07. The minimum atomic E-state index is -0.130. The molecule has 4 heteroatoms. The molecule has 0 aliphatic carbocycles. The first-order chi connectivity index (χ1) is 7.49. The lowest BCUT2D eigenvalue weighted by Gasteiger charge is -2.11. The van der Waals surface area contributed by atoms with Crippen LogP contribution in [0.2, 0.25) is 0 Å². The molecule has 3 nitrogen and oxygen atoms in total. The van der Waals surface area contributed by atoms with Crippen LogP contribution < -0.4 is 10.6 Å². The van der Waals surface area contributed by atoms with Gasteiger partial charge in [0, 0.05) is 17.1 Å². The molecule has 1 aromatic rings. The molecule has 0 fully saturated rings. The average molecular weight is 285 g/mol. The summed E-state index contributed by atoms with van der Waals surface area (Å²) in [7, 11) is 0. The maximum Gasteiger partial charge on any atom is 0.315 e. The zero-order valence-electron chi connectivity index (χ0n) is 9.80. The molecule has 0 spiro atoms. The first kappa shape index (κ1) is 13.0. The number of hydrogen-bond acceptors (Lipinski definition) is 1. The number of benzene rings is 1. The summed E-state index contributed by atoms with van der Waals surface area (Å²) in [5.74, 6) is 0. The summed E-state index contributed by atoms with van der Waals surface area (Å²) in [4.78, 5) is 11.4. The van der Waals surface area contributed by atoms with E-state index in [0.717, 1.165) is 10.0 Å². The molecule has 1 rings (SSSR count). The van der Waals surface area contributed by atoms with Crippen molar-refractivity contribution in [3.05, 3.63) is 33.8 Å². The number of halogens is 1. The molecule has 0 bridgehead atoms. The number of urea groups is 1. The molecule has 2 amide bonds. The van der Waals surface area contributed by atoms with Crippen LogP contribution in [0.25, 0.3) is 0 Å². The van der Waals surface area contributed by atoms with Gasteiger partial charge in [-0.3, -0.25) is 0 Å². The number of carbonyl (C=O) groups is 1. The molecule has 0 heterocycles. The zero-order chi connectivity index (χ0) is 12.1. The van der Waals surface area contributed by atoms with E-state index >= 15 is 0 Å². The predicted octanol–water partition coefficient (Wildman–Crippen LogP) is 2.97. The third-order valence-corrected chi connectivity index (χ3v) is 2.66. The van der Waals surface area contributed by atoms with E-state index in [0.29, 0.717) is 6.54 Å². The van der Waals surface area contributed by atoms with Crippen molar-refractivity contribution in [3.8, 4) is 0 Å². The van der Waals surface area contributed by atoms with Gasteiger partial charge in [0.05, 0.1) is 0 Å². The summed E-state index contributed by atoms with van der Waals surface area (Å²) < 4.78 is 1.03. The van der Waals surface area contributed by atoms with Crippen LogP contribution in [0.3, 0.4) is 0 Å². The fraction of sp³-hybridized carbons (Fsp3) is 0.417. The van der Waals surface area contributed by atoms with Crippen molar-refractivity contribution in [1.82, 2.24) is 10.6 Å². The van der Waals surface area contributed by atoms with Crippen LogP contribution in [0.5, 0.6) is 0 Å². The summed E-state index contributed by atoms with van der Waals surface area (Å²) in [6.45, 7) is 6.45. The van der Waals surface area contributed by atoms with Gasteiger partial charge in [-0.15, -0.1) is 0 Å². The largest absolute Gasteiger partial charge is 0.336 e. The highest BCUT2D eigenvalue weighted by Gasteiger charge is 2.04. The Labute approximate surface area is 105 Å². The van der Waals surface area contributed by atoms with Gasteiger partial charge in [0.25, 0.3) is 0 Å². The minimum absolute atomic E-state index is 0.130. The van der Waals surface area contributed by atoms with Crippen molar-refractivity contribution in [2.24, 2.45) is 0 Å². The fourth-order valence-electron chi connectivity index (χ4n) is 1.32. The molecule has 0 aliphatic heterocycles. The molecule has 0 radical (unpaired) electrons. The van der Waals surface area contributed by atoms with Crippen molar-refractivity contribution < 1.29 is 4.79 Å². The summed E-state index contributed by atoms with van der Waals surface area (Å²) in [5, 5.41) is 5.61. The summed E-state index contributed by atoms with van der Waals surface area (Å²) in [5.41, 5.74) is 2.29. The lowest BCUT2D eigenvalue weighted by atomic mass is 10.1. The Balaban J connectivity index is 2.54. The van der Waals surface area contributed by atoms with Crippen LogP contribution in [0.1, 0.15) is 25.0 Å². The molecule has 0 atom stereocenters. The quantitative estimate of drug-likeness (QED) is 0.880. The monoisotopic (exact) mass is 284 g/mol. The van der Waals surface area contributed by atoms with Crippen molar-refractivity contribution in [2.45, 2.75) is 33.4 Å². The highest BCUT2D eigenvalue weighted by Crippen LogP contribution is 2.15. The van der Waals surface area contributed by atoms with E-state index < -0.39 is 0 Å². The predicted molar refractivity (Wildman–Crippen MR) is 69.4 cm³/mol. The molecule has 0 saturated carbocycles. The standard InChI is InChI=1S/C12H17BrN2O/c1-8(2)15-12(16)14-7-10-6-11(13)5-4-9(10)3/h4-6,8H,7H2,1-3H3,(H2,14,15,16). The average Bonchev–Trinajstić information content (AvgIpc) is 2.18. The van der Waals surface area contributed by atoms with Gasteiger partial charge in [-0.2, -0.15) is 0 Å². The normalized spacial score (nSPS) is 10.3. The second-order valence-corrected chi connectivity index (χ2v) is 4.97. The second-order valence-electron chi connectivity index (χ2n) is 4.05. The highest BCUT2D eigenvalue weighted by molar-refractivity contribution is 9.10. The van der Waals surface area contributed by atoms with Gasteiger partial charge in [0.2, 0.25) is 0 Å². The molecule has 2 N–H and O–H groups in total. The van der Waals surface area contributed by atoms with Gasteiger partial charge < -0.3 is 10.6 Å². The molecule has 0 saturated heterocycles. The van der Waals surface area contributed by atoms with Crippen molar-refractivity contribution in [2.75, 3.05) is 0 Å². The highest BCUT2D eigenvalue weighted by atomic mass is 79.9. The summed E-state index contributed by atoms with van der Waals surface area (Å²) in [6.07, 6.45) is 0. The number of carbonyl (C=O) groups excluding carboxylic acids is 1. The topological polar surface area (TPSA) is 41.1 Å². The van der Waals surface area contributed by atoms with E-state index in [2.05, 4.69) is 26.6 Å². The Kier molecular flexibility index (Phi) is 4.80.